The molecular weight excluding hydrogens is 491 g/mol. The van der Waals surface area contributed by atoms with E-state index >= 15 is 0 Å². The number of hydrogen-bond donors (Lipinski definition) is 1. The van der Waals surface area contributed by atoms with E-state index in [1.807, 2.05) is 12.1 Å². The predicted octanol–water partition coefficient (Wildman–Crippen LogP) is 6.54. The number of nitrogens with zero attached hydrogens (tertiary/aromatic N) is 3. The number of anilines is 1. The van der Waals surface area contributed by atoms with Gasteiger partial charge >= 0.3 is 6.03 Å². The third kappa shape index (κ3) is 5.06. The molecule has 2 aromatic carbocycles. The van der Waals surface area contributed by atoms with Crippen molar-refractivity contribution in [1.29, 1.82) is 0 Å². The molecule has 2 bridgehead atoms. The molecule has 39 heavy (non-hydrogen) atoms. The van der Waals surface area contributed by atoms with Gasteiger partial charge in [-0.15, -0.1) is 0 Å². The monoisotopic (exact) mass is 532 g/mol. The fourth-order valence-electron chi connectivity index (χ4n) is 7.43. The van der Waals surface area contributed by atoms with Crippen molar-refractivity contribution < 1.29 is 13.9 Å². The van der Waals surface area contributed by atoms with Crippen molar-refractivity contribution in [3.8, 4) is 5.75 Å². The molecule has 2 saturated heterocycles. The molecule has 2 unspecified atom stereocenters. The van der Waals surface area contributed by atoms with Gasteiger partial charge in [-0.25, -0.2) is 9.18 Å². The van der Waals surface area contributed by atoms with Crippen LogP contribution in [0, 0.1) is 17.7 Å². The molecule has 6 nitrogen and oxygen atoms in total. The predicted molar refractivity (Wildman–Crippen MR) is 153 cm³/mol. The summed E-state index contributed by atoms with van der Waals surface area (Å²) in [7, 11) is 0. The molecule has 2 amide bonds. The van der Waals surface area contributed by atoms with Crippen LogP contribution in [-0.2, 0) is 6.54 Å². The SMILES string of the molecule is CC[C@@H](C)Oc1cccc(CN2CCC3(C[C@@H]2C)C(=NC2C[C@H]4CC[C@H]2C4)NC(=O)N3c2cccc(F)c2)c1. The van der Waals surface area contributed by atoms with Crippen molar-refractivity contribution in [2.45, 2.75) is 96.0 Å². The molecule has 1 N–H and O–H groups in total. The second-order valence-electron chi connectivity index (χ2n) is 12.3. The summed E-state index contributed by atoms with van der Waals surface area (Å²) in [4.78, 5) is 23.1. The number of halogens is 1. The third-order valence-corrected chi connectivity index (χ3v) is 9.62. The largest absolute Gasteiger partial charge is 0.491 e. The number of urea groups is 1. The highest BCUT2D eigenvalue weighted by molar-refractivity contribution is 6.19. The number of fused-ring (bicyclic) bond motifs is 2. The maximum absolute atomic E-state index is 14.3. The molecule has 6 atom stereocenters. The van der Waals surface area contributed by atoms with Crippen molar-refractivity contribution in [2.24, 2.45) is 16.8 Å². The summed E-state index contributed by atoms with van der Waals surface area (Å²) in [5.41, 5.74) is 1.22. The fourth-order valence-corrected chi connectivity index (χ4v) is 7.43. The number of ether oxygens (including phenoxy) is 1. The normalized spacial score (nSPS) is 32.3. The summed E-state index contributed by atoms with van der Waals surface area (Å²) < 4.78 is 20.4. The molecule has 0 aromatic heterocycles. The van der Waals surface area contributed by atoms with E-state index in [0.717, 1.165) is 56.3 Å². The minimum absolute atomic E-state index is 0.183. The fraction of sp³-hybridized carbons (Fsp3) is 0.562. The van der Waals surface area contributed by atoms with Gasteiger partial charge in [0, 0.05) is 24.8 Å². The molecule has 208 valence electrons. The van der Waals surface area contributed by atoms with Gasteiger partial charge in [0.05, 0.1) is 12.1 Å². The number of aliphatic imine (C=N–C) groups is 1. The van der Waals surface area contributed by atoms with E-state index in [-0.39, 0.29) is 30.0 Å². The lowest BCUT2D eigenvalue weighted by atomic mass is 9.81. The van der Waals surface area contributed by atoms with Crippen LogP contribution in [0.25, 0.3) is 0 Å². The molecule has 6 rings (SSSR count). The van der Waals surface area contributed by atoms with Gasteiger partial charge in [0.1, 0.15) is 22.9 Å². The van der Waals surface area contributed by atoms with Gasteiger partial charge in [-0.3, -0.25) is 20.1 Å². The summed E-state index contributed by atoms with van der Waals surface area (Å²) in [5.74, 6) is 2.77. The lowest BCUT2D eigenvalue weighted by Gasteiger charge is -2.47. The molecule has 0 radical (unpaired) electrons. The number of hydrogen-bond acceptors (Lipinski definition) is 4. The minimum Gasteiger partial charge on any atom is -0.491 e. The van der Waals surface area contributed by atoms with Crippen LogP contribution in [0.2, 0.25) is 0 Å². The smallest absolute Gasteiger partial charge is 0.328 e. The molecule has 4 fully saturated rings. The highest BCUT2D eigenvalue weighted by Gasteiger charge is 2.55. The molecule has 2 saturated carbocycles. The third-order valence-electron chi connectivity index (χ3n) is 9.62. The Balaban J connectivity index is 1.27. The summed E-state index contributed by atoms with van der Waals surface area (Å²) in [5, 5.41) is 3.16. The van der Waals surface area contributed by atoms with Crippen molar-refractivity contribution in [3.05, 3.63) is 59.9 Å². The summed E-state index contributed by atoms with van der Waals surface area (Å²) in [6.07, 6.45) is 7.58. The van der Waals surface area contributed by atoms with E-state index in [1.165, 1.54) is 37.0 Å². The van der Waals surface area contributed by atoms with Gasteiger partial charge in [0.15, 0.2) is 0 Å². The van der Waals surface area contributed by atoms with Crippen LogP contribution in [0.4, 0.5) is 14.9 Å². The molecule has 2 heterocycles. The zero-order valence-electron chi connectivity index (χ0n) is 23.4. The Morgan fingerprint density at radius 2 is 2.03 bits per heavy atom. The van der Waals surface area contributed by atoms with Gasteiger partial charge in [0.2, 0.25) is 0 Å². The Bertz CT molecular complexity index is 1250. The number of likely N-dealkylation sites (tertiary alicyclic amines) is 1. The number of amides is 2. The van der Waals surface area contributed by atoms with Gasteiger partial charge in [-0.2, -0.15) is 0 Å². The van der Waals surface area contributed by atoms with Gasteiger partial charge in [-0.05, 0) is 100 Å². The summed E-state index contributed by atoms with van der Waals surface area (Å²) in [6.45, 7) is 8.09. The number of amidine groups is 1. The second kappa shape index (κ2) is 10.6. The van der Waals surface area contributed by atoms with Crippen molar-refractivity contribution >= 4 is 17.6 Å². The Morgan fingerprint density at radius 3 is 2.74 bits per heavy atom. The van der Waals surface area contributed by atoms with Gasteiger partial charge < -0.3 is 4.74 Å². The molecule has 1 spiro atoms. The molecule has 2 aliphatic carbocycles. The molecule has 7 heteroatoms. The van der Waals surface area contributed by atoms with E-state index in [9.17, 15) is 9.18 Å². The van der Waals surface area contributed by atoms with Gasteiger partial charge in [0.25, 0.3) is 0 Å². The van der Waals surface area contributed by atoms with Crippen LogP contribution < -0.4 is 15.0 Å². The van der Waals surface area contributed by atoms with E-state index < -0.39 is 5.54 Å². The molecule has 4 aliphatic rings. The van der Waals surface area contributed by atoms with E-state index in [4.69, 9.17) is 9.73 Å². The Kier molecular flexibility index (Phi) is 7.13. The van der Waals surface area contributed by atoms with Crippen molar-refractivity contribution in [1.82, 2.24) is 10.2 Å². The standard InChI is InChI=1S/C32H41FN4O2/c1-4-22(3)39-28-10-5-7-24(16-28)20-36-14-13-32(19-21(36)2)30(34-29-17-23-11-12-25(29)15-23)35-31(38)37(32)27-9-6-8-26(33)18-27/h5-10,16,18,21-23,25,29H,4,11-15,17,19-20H2,1-3H3,(H,34,35,38)/t21-,22+,23-,25-,29?,32?/m0/s1. The highest BCUT2D eigenvalue weighted by Crippen LogP contribution is 2.47. The minimum atomic E-state index is -0.593. The zero-order chi connectivity index (χ0) is 27.1. The van der Waals surface area contributed by atoms with E-state index in [0.29, 0.717) is 11.6 Å². The van der Waals surface area contributed by atoms with Crippen LogP contribution >= 0.6 is 0 Å². The first-order valence-corrected chi connectivity index (χ1v) is 14.8. The second-order valence-corrected chi connectivity index (χ2v) is 12.3. The summed E-state index contributed by atoms with van der Waals surface area (Å²) in [6, 6.07) is 15.1. The Labute approximate surface area is 231 Å². The Morgan fingerprint density at radius 1 is 1.18 bits per heavy atom. The number of nitrogens with one attached hydrogen (secondary N) is 1. The first-order valence-electron chi connectivity index (χ1n) is 14.8. The molecule has 2 aromatic rings. The van der Waals surface area contributed by atoms with Crippen molar-refractivity contribution in [3.63, 3.8) is 0 Å². The summed E-state index contributed by atoms with van der Waals surface area (Å²) >= 11 is 0. The number of carbonyl (C=O) groups excluding carboxylic acids is 1. The Hall–Kier alpha value is -2.93. The number of carbonyl (C=O) groups is 1. The number of piperidine rings is 1. The van der Waals surface area contributed by atoms with Crippen LogP contribution in [0.1, 0.15) is 71.3 Å². The van der Waals surface area contributed by atoms with Crippen LogP contribution in [-0.4, -0.2) is 47.0 Å². The van der Waals surface area contributed by atoms with Crippen LogP contribution in [0.15, 0.2) is 53.5 Å². The van der Waals surface area contributed by atoms with Crippen LogP contribution in [0.3, 0.4) is 0 Å². The van der Waals surface area contributed by atoms with Crippen molar-refractivity contribution in [2.75, 3.05) is 11.4 Å². The molecule has 2 aliphatic heterocycles. The lowest BCUT2D eigenvalue weighted by molar-refractivity contribution is 0.123. The lowest BCUT2D eigenvalue weighted by Crippen LogP contribution is -2.59. The topological polar surface area (TPSA) is 57.2 Å². The molecular formula is C32H41FN4O2. The maximum Gasteiger partial charge on any atom is 0.328 e. The number of benzene rings is 2. The average molecular weight is 533 g/mol. The van der Waals surface area contributed by atoms with Crippen LogP contribution in [0.5, 0.6) is 5.75 Å². The highest BCUT2D eigenvalue weighted by atomic mass is 19.1. The van der Waals surface area contributed by atoms with Gasteiger partial charge in [-0.1, -0.05) is 31.5 Å². The maximum atomic E-state index is 14.3. The first kappa shape index (κ1) is 26.3. The quantitative estimate of drug-likeness (QED) is 0.440. The zero-order valence-corrected chi connectivity index (χ0v) is 23.4. The van der Waals surface area contributed by atoms with E-state index in [1.54, 1.807) is 11.0 Å². The van der Waals surface area contributed by atoms with E-state index in [2.05, 4.69) is 49.2 Å². The first-order chi connectivity index (χ1) is 18.8. The average Bonchev–Trinajstić information content (AvgIpc) is 3.60. The number of rotatable bonds is 7.